The lowest BCUT2D eigenvalue weighted by atomic mass is 10.2. The van der Waals surface area contributed by atoms with Crippen molar-refractivity contribution in [3.63, 3.8) is 0 Å². The van der Waals surface area contributed by atoms with Crippen LogP contribution in [0.2, 0.25) is 0 Å². The van der Waals surface area contributed by atoms with Gasteiger partial charge in [0.2, 0.25) is 5.91 Å². The van der Waals surface area contributed by atoms with Crippen molar-refractivity contribution in [2.24, 2.45) is 5.73 Å². The summed E-state index contributed by atoms with van der Waals surface area (Å²) < 4.78 is 1.78. The minimum Gasteiger partial charge on any atom is -0.366 e. The summed E-state index contributed by atoms with van der Waals surface area (Å²) in [5.41, 5.74) is 7.65. The molecule has 9 heteroatoms. The Hall–Kier alpha value is -3.20. The number of amides is 3. The third-order valence-corrected chi connectivity index (χ3v) is 5.63. The Morgan fingerprint density at radius 2 is 1.97 bits per heavy atom. The van der Waals surface area contributed by atoms with Gasteiger partial charge < -0.3 is 16.4 Å². The molecule has 0 aliphatic heterocycles. The number of unbranched alkanes of at least 4 members (excludes halogenated alkanes) is 2. The smallest absolute Gasteiger partial charge is 0.270 e. The fourth-order valence-corrected chi connectivity index (χ4v) is 4.17. The Balaban J connectivity index is 1.39. The summed E-state index contributed by atoms with van der Waals surface area (Å²) in [5.74, 6) is -0.854. The number of imidazole rings is 1. The molecule has 0 fully saturated rings. The molecule has 158 valence electrons. The molecule has 0 saturated heterocycles. The van der Waals surface area contributed by atoms with E-state index in [2.05, 4.69) is 15.6 Å². The molecule has 0 unspecified atom stereocenters. The van der Waals surface area contributed by atoms with Gasteiger partial charge in [-0.25, -0.2) is 4.98 Å². The first-order chi connectivity index (χ1) is 14.4. The molecule has 0 bridgehead atoms. The Bertz CT molecular complexity index is 1090. The van der Waals surface area contributed by atoms with Gasteiger partial charge in [-0.3, -0.25) is 18.8 Å². The molecule has 3 rings (SSSR count). The zero-order valence-corrected chi connectivity index (χ0v) is 17.8. The second kappa shape index (κ2) is 9.53. The first-order valence-corrected chi connectivity index (χ1v) is 10.6. The van der Waals surface area contributed by atoms with Gasteiger partial charge in [0.25, 0.3) is 11.8 Å². The number of fused-ring (bicyclic) bond motifs is 1. The Labute approximate surface area is 178 Å². The normalized spacial score (nSPS) is 10.9. The van der Waals surface area contributed by atoms with Crippen LogP contribution in [0.4, 0.5) is 5.00 Å². The number of anilines is 1. The van der Waals surface area contributed by atoms with Crippen LogP contribution in [0.3, 0.4) is 0 Å². The molecule has 0 aromatic carbocycles. The Morgan fingerprint density at radius 3 is 2.73 bits per heavy atom. The second-order valence-electron chi connectivity index (χ2n) is 7.05. The molecule has 30 heavy (non-hydrogen) atoms. The number of carbonyl (C=O) groups excluding carboxylic acids is 3. The number of aryl methyl sites for hydroxylation is 2. The van der Waals surface area contributed by atoms with Gasteiger partial charge >= 0.3 is 0 Å². The quantitative estimate of drug-likeness (QED) is 0.455. The average Bonchev–Trinajstić information content (AvgIpc) is 3.22. The number of nitrogens with two attached hydrogens (primary N) is 1. The minimum absolute atomic E-state index is 0.148. The highest BCUT2D eigenvalue weighted by Crippen LogP contribution is 2.27. The highest BCUT2D eigenvalue weighted by Gasteiger charge is 2.16. The lowest BCUT2D eigenvalue weighted by Crippen LogP contribution is -2.26. The van der Waals surface area contributed by atoms with Crippen LogP contribution >= 0.6 is 11.3 Å². The third kappa shape index (κ3) is 5.04. The number of aromatic nitrogens is 2. The largest absolute Gasteiger partial charge is 0.366 e. The first kappa shape index (κ1) is 21.5. The topological polar surface area (TPSA) is 119 Å². The predicted octanol–water partition coefficient (Wildman–Crippen LogP) is 3.04. The van der Waals surface area contributed by atoms with Crippen molar-refractivity contribution in [1.82, 2.24) is 14.7 Å². The van der Waals surface area contributed by atoms with E-state index >= 15 is 0 Å². The maximum atomic E-state index is 12.5. The number of nitrogens with one attached hydrogen (secondary N) is 2. The number of thiophene rings is 1. The molecule has 0 spiro atoms. The molecule has 8 nitrogen and oxygen atoms in total. The average molecular weight is 428 g/mol. The molecular weight excluding hydrogens is 402 g/mol. The minimum atomic E-state index is -0.549. The number of primary amides is 1. The zero-order valence-electron chi connectivity index (χ0n) is 17.0. The molecular formula is C21H25N5O3S. The molecule has 4 N–H and O–H groups in total. The van der Waals surface area contributed by atoms with E-state index in [9.17, 15) is 14.4 Å². The van der Waals surface area contributed by atoms with Crippen LogP contribution in [0.1, 0.15) is 57.1 Å². The van der Waals surface area contributed by atoms with Crippen LogP contribution in [-0.4, -0.2) is 33.7 Å². The van der Waals surface area contributed by atoms with Crippen LogP contribution in [0.15, 0.2) is 30.5 Å². The summed E-state index contributed by atoms with van der Waals surface area (Å²) in [6.07, 6.45) is 4.41. The Morgan fingerprint density at radius 1 is 1.17 bits per heavy atom. The van der Waals surface area contributed by atoms with E-state index in [0.29, 0.717) is 41.3 Å². The summed E-state index contributed by atoms with van der Waals surface area (Å²) >= 11 is 1.33. The van der Waals surface area contributed by atoms with Gasteiger partial charge in [0.1, 0.15) is 16.3 Å². The van der Waals surface area contributed by atoms with Crippen molar-refractivity contribution in [3.8, 4) is 0 Å². The van der Waals surface area contributed by atoms with E-state index in [1.54, 1.807) is 10.5 Å². The molecule has 3 aromatic rings. The van der Waals surface area contributed by atoms with Gasteiger partial charge in [0.15, 0.2) is 0 Å². The van der Waals surface area contributed by atoms with Crippen LogP contribution in [0.25, 0.3) is 5.65 Å². The van der Waals surface area contributed by atoms with E-state index in [1.807, 2.05) is 38.2 Å². The van der Waals surface area contributed by atoms with Crippen molar-refractivity contribution in [3.05, 3.63) is 52.3 Å². The van der Waals surface area contributed by atoms with Crippen molar-refractivity contribution < 1.29 is 14.4 Å². The van der Waals surface area contributed by atoms with Crippen LogP contribution in [0, 0.1) is 13.8 Å². The lowest BCUT2D eigenvalue weighted by molar-refractivity contribution is -0.116. The van der Waals surface area contributed by atoms with Crippen molar-refractivity contribution >= 4 is 39.7 Å². The highest BCUT2D eigenvalue weighted by atomic mass is 32.1. The molecule has 0 radical (unpaired) electrons. The van der Waals surface area contributed by atoms with Crippen molar-refractivity contribution in [1.29, 1.82) is 0 Å². The fraction of sp³-hybridized carbons (Fsp3) is 0.333. The first-order valence-electron chi connectivity index (χ1n) is 9.79. The fourth-order valence-electron chi connectivity index (χ4n) is 3.24. The maximum Gasteiger partial charge on any atom is 0.270 e. The SMILES string of the molecule is Cc1cc(C(N)=O)c(NC(=O)CCCCCNC(=O)c2c(C)nc3ccccn23)s1. The summed E-state index contributed by atoms with van der Waals surface area (Å²) in [7, 11) is 0. The van der Waals surface area contributed by atoms with Gasteiger partial charge in [0.05, 0.1) is 11.3 Å². The van der Waals surface area contributed by atoms with Crippen molar-refractivity contribution in [2.45, 2.75) is 39.5 Å². The lowest BCUT2D eigenvalue weighted by Gasteiger charge is -2.07. The van der Waals surface area contributed by atoms with Gasteiger partial charge in [-0.05, 0) is 44.9 Å². The van der Waals surface area contributed by atoms with Crippen molar-refractivity contribution in [2.75, 3.05) is 11.9 Å². The monoisotopic (exact) mass is 427 g/mol. The van der Waals surface area contributed by atoms with Gasteiger partial charge in [-0.2, -0.15) is 0 Å². The number of pyridine rings is 1. The van der Waals surface area contributed by atoms with E-state index in [-0.39, 0.29) is 11.8 Å². The second-order valence-corrected chi connectivity index (χ2v) is 8.31. The van der Waals surface area contributed by atoms with Crippen LogP contribution in [-0.2, 0) is 4.79 Å². The zero-order chi connectivity index (χ0) is 21.7. The predicted molar refractivity (Wildman–Crippen MR) is 117 cm³/mol. The summed E-state index contributed by atoms with van der Waals surface area (Å²) in [5, 5.41) is 6.18. The number of nitrogens with zero attached hydrogens (tertiary/aromatic N) is 2. The van der Waals surface area contributed by atoms with E-state index < -0.39 is 5.91 Å². The summed E-state index contributed by atoms with van der Waals surface area (Å²) in [4.78, 5) is 41.3. The molecule has 0 saturated carbocycles. The number of hydrogen-bond acceptors (Lipinski definition) is 5. The molecule has 3 heterocycles. The highest BCUT2D eigenvalue weighted by molar-refractivity contribution is 7.16. The summed E-state index contributed by atoms with van der Waals surface area (Å²) in [6.45, 7) is 4.20. The Kier molecular flexibility index (Phi) is 6.83. The van der Waals surface area contributed by atoms with Gasteiger partial charge in [-0.15, -0.1) is 11.3 Å². The standard InChI is InChI=1S/C21H25N5O3S/c1-13-12-15(19(22)28)21(30-13)25-17(27)9-4-3-6-10-23-20(29)18-14(2)24-16-8-5-7-11-26(16)18/h5,7-8,11-12H,3-4,6,9-10H2,1-2H3,(H2,22,28)(H,23,29)(H,25,27). The van der Waals surface area contributed by atoms with E-state index in [1.165, 1.54) is 11.3 Å². The number of hydrogen-bond donors (Lipinski definition) is 3. The molecule has 3 amide bonds. The number of carbonyl (C=O) groups is 3. The van der Waals surface area contributed by atoms with E-state index in [0.717, 1.165) is 23.4 Å². The third-order valence-electron chi connectivity index (χ3n) is 4.66. The molecule has 3 aromatic heterocycles. The van der Waals surface area contributed by atoms with E-state index in [4.69, 9.17) is 5.73 Å². The van der Waals surface area contributed by atoms with Gasteiger partial charge in [0, 0.05) is 24.0 Å². The molecule has 0 aliphatic rings. The maximum absolute atomic E-state index is 12.5. The van der Waals surface area contributed by atoms with Crippen LogP contribution in [0.5, 0.6) is 0 Å². The molecule has 0 atom stereocenters. The molecule has 0 aliphatic carbocycles. The summed E-state index contributed by atoms with van der Waals surface area (Å²) in [6, 6.07) is 7.28. The van der Waals surface area contributed by atoms with Crippen LogP contribution < -0.4 is 16.4 Å². The van der Waals surface area contributed by atoms with Gasteiger partial charge in [-0.1, -0.05) is 12.5 Å². The number of rotatable bonds is 9.